The van der Waals surface area contributed by atoms with E-state index in [2.05, 4.69) is 20.8 Å². The van der Waals surface area contributed by atoms with E-state index in [9.17, 15) is 4.21 Å². The van der Waals surface area contributed by atoms with Crippen LogP contribution in [0.2, 0.25) is 0 Å². The van der Waals surface area contributed by atoms with Crippen LogP contribution in [0.15, 0.2) is 0 Å². The SMILES string of the molecule is CCCCCC(CC(CC)CCCC)OS(=O)O. The summed E-state index contributed by atoms with van der Waals surface area (Å²) in [7, 11) is 0. The van der Waals surface area contributed by atoms with Crippen LogP contribution >= 0.6 is 0 Å². The Balaban J connectivity index is 4.12. The monoisotopic (exact) mass is 278 g/mol. The molecular weight excluding hydrogens is 248 g/mol. The normalized spacial score (nSPS) is 16.4. The minimum Gasteiger partial charge on any atom is -0.284 e. The molecule has 0 spiro atoms. The average Bonchev–Trinajstić information content (AvgIpc) is 2.33. The molecule has 0 fully saturated rings. The Morgan fingerprint density at radius 2 is 1.72 bits per heavy atom. The standard InChI is InChI=1S/C14H30O3S/c1-4-7-9-11-14(17-18(15)16)12-13(6-3)10-8-5-2/h13-14H,4-12H2,1-3H3,(H,15,16). The van der Waals surface area contributed by atoms with Gasteiger partial charge in [-0.25, -0.2) is 0 Å². The Hall–Kier alpha value is 0.0700. The molecule has 110 valence electrons. The molecule has 0 aliphatic carbocycles. The maximum absolute atomic E-state index is 10.8. The van der Waals surface area contributed by atoms with Crippen LogP contribution in [-0.2, 0) is 15.5 Å². The summed E-state index contributed by atoms with van der Waals surface area (Å²) in [6.07, 6.45) is 9.99. The Labute approximate surface area is 115 Å². The summed E-state index contributed by atoms with van der Waals surface area (Å²) in [5, 5.41) is 0. The van der Waals surface area contributed by atoms with E-state index in [0.717, 1.165) is 25.7 Å². The van der Waals surface area contributed by atoms with Crippen LogP contribution in [0.3, 0.4) is 0 Å². The van der Waals surface area contributed by atoms with E-state index in [1.54, 1.807) is 0 Å². The van der Waals surface area contributed by atoms with Gasteiger partial charge in [0.25, 0.3) is 0 Å². The summed E-state index contributed by atoms with van der Waals surface area (Å²) in [4.78, 5) is 0. The van der Waals surface area contributed by atoms with Crippen LogP contribution < -0.4 is 0 Å². The van der Waals surface area contributed by atoms with Crippen LogP contribution in [0.1, 0.15) is 78.6 Å². The number of rotatable bonds is 12. The lowest BCUT2D eigenvalue weighted by Crippen LogP contribution is -2.19. The third-order valence-corrected chi connectivity index (χ3v) is 3.92. The first kappa shape index (κ1) is 18.1. The molecule has 3 atom stereocenters. The molecule has 0 bridgehead atoms. The van der Waals surface area contributed by atoms with Gasteiger partial charge in [-0.1, -0.05) is 65.7 Å². The Morgan fingerprint density at radius 1 is 1.06 bits per heavy atom. The molecule has 18 heavy (non-hydrogen) atoms. The van der Waals surface area contributed by atoms with Crippen LogP contribution in [0.4, 0.5) is 0 Å². The van der Waals surface area contributed by atoms with Crippen molar-refractivity contribution in [2.75, 3.05) is 0 Å². The highest BCUT2D eigenvalue weighted by molar-refractivity contribution is 7.74. The van der Waals surface area contributed by atoms with E-state index in [0.29, 0.717) is 5.92 Å². The second-order valence-electron chi connectivity index (χ2n) is 5.08. The van der Waals surface area contributed by atoms with Crippen LogP contribution in [0.25, 0.3) is 0 Å². The zero-order chi connectivity index (χ0) is 13.8. The van der Waals surface area contributed by atoms with Crippen molar-refractivity contribution in [2.45, 2.75) is 84.7 Å². The lowest BCUT2D eigenvalue weighted by Gasteiger charge is -2.21. The summed E-state index contributed by atoms with van der Waals surface area (Å²) in [5.41, 5.74) is 0. The van der Waals surface area contributed by atoms with Crippen molar-refractivity contribution >= 4 is 11.4 Å². The van der Waals surface area contributed by atoms with Gasteiger partial charge in [0, 0.05) is 0 Å². The van der Waals surface area contributed by atoms with Crippen molar-refractivity contribution in [3.63, 3.8) is 0 Å². The van der Waals surface area contributed by atoms with Crippen LogP contribution in [0.5, 0.6) is 0 Å². The van der Waals surface area contributed by atoms with Gasteiger partial charge in [-0.15, -0.1) is 0 Å². The molecule has 0 saturated heterocycles. The van der Waals surface area contributed by atoms with Crippen molar-refractivity contribution in [1.82, 2.24) is 0 Å². The molecule has 0 saturated carbocycles. The van der Waals surface area contributed by atoms with Crippen LogP contribution in [-0.4, -0.2) is 14.9 Å². The number of unbranched alkanes of at least 4 members (excludes halogenated alkanes) is 3. The van der Waals surface area contributed by atoms with Gasteiger partial charge in [0.1, 0.15) is 0 Å². The largest absolute Gasteiger partial charge is 0.302 e. The maximum atomic E-state index is 10.8. The Morgan fingerprint density at radius 3 is 2.22 bits per heavy atom. The summed E-state index contributed by atoms with van der Waals surface area (Å²) < 4.78 is 24.8. The highest BCUT2D eigenvalue weighted by Crippen LogP contribution is 2.23. The summed E-state index contributed by atoms with van der Waals surface area (Å²) in [6.45, 7) is 6.56. The maximum Gasteiger partial charge on any atom is 0.302 e. The summed E-state index contributed by atoms with van der Waals surface area (Å²) in [6, 6.07) is 0. The second kappa shape index (κ2) is 12.1. The second-order valence-corrected chi connectivity index (χ2v) is 5.71. The third kappa shape index (κ3) is 10.0. The van der Waals surface area contributed by atoms with E-state index in [-0.39, 0.29) is 6.10 Å². The van der Waals surface area contributed by atoms with Gasteiger partial charge in [-0.2, -0.15) is 4.21 Å². The average molecular weight is 278 g/mol. The molecular formula is C14H30O3S. The zero-order valence-electron chi connectivity index (χ0n) is 12.2. The molecule has 1 N–H and O–H groups in total. The smallest absolute Gasteiger partial charge is 0.284 e. The van der Waals surface area contributed by atoms with E-state index >= 15 is 0 Å². The fourth-order valence-corrected chi connectivity index (χ4v) is 2.70. The Bertz CT molecular complexity index is 209. The van der Waals surface area contributed by atoms with Gasteiger partial charge in [0.05, 0.1) is 6.10 Å². The predicted molar refractivity (Wildman–Crippen MR) is 77.7 cm³/mol. The van der Waals surface area contributed by atoms with E-state index in [4.69, 9.17) is 8.74 Å². The summed E-state index contributed by atoms with van der Waals surface area (Å²) in [5.74, 6) is 0.625. The number of hydrogen-bond donors (Lipinski definition) is 1. The minimum atomic E-state index is -2.13. The van der Waals surface area contributed by atoms with Gasteiger partial charge in [-0.3, -0.25) is 8.74 Å². The van der Waals surface area contributed by atoms with Gasteiger partial charge < -0.3 is 0 Å². The van der Waals surface area contributed by atoms with Gasteiger partial charge in [-0.05, 0) is 18.8 Å². The molecule has 0 aromatic rings. The first-order chi connectivity index (χ1) is 8.63. The van der Waals surface area contributed by atoms with Crippen molar-refractivity contribution in [2.24, 2.45) is 5.92 Å². The summed E-state index contributed by atoms with van der Waals surface area (Å²) >= 11 is -2.13. The fraction of sp³-hybridized carbons (Fsp3) is 1.00. The first-order valence-electron chi connectivity index (χ1n) is 7.41. The van der Waals surface area contributed by atoms with Gasteiger partial charge >= 0.3 is 11.4 Å². The minimum absolute atomic E-state index is 0.0517. The fourth-order valence-electron chi connectivity index (χ4n) is 2.30. The molecule has 0 aliphatic rings. The van der Waals surface area contributed by atoms with Gasteiger partial charge in [0.15, 0.2) is 0 Å². The molecule has 3 unspecified atom stereocenters. The third-order valence-electron chi connectivity index (χ3n) is 3.49. The Kier molecular flexibility index (Phi) is 12.2. The highest BCUT2D eigenvalue weighted by Gasteiger charge is 2.17. The number of hydrogen-bond acceptors (Lipinski definition) is 2. The first-order valence-corrected chi connectivity index (χ1v) is 8.45. The van der Waals surface area contributed by atoms with Crippen LogP contribution in [0, 0.1) is 5.92 Å². The van der Waals surface area contributed by atoms with Crippen molar-refractivity contribution in [1.29, 1.82) is 0 Å². The van der Waals surface area contributed by atoms with E-state index < -0.39 is 11.4 Å². The molecule has 3 nitrogen and oxygen atoms in total. The van der Waals surface area contributed by atoms with Crippen molar-refractivity contribution < 1.29 is 12.9 Å². The topological polar surface area (TPSA) is 46.5 Å². The molecule has 0 heterocycles. The molecule has 0 amide bonds. The molecule has 0 rings (SSSR count). The van der Waals surface area contributed by atoms with E-state index in [1.165, 1.54) is 32.1 Å². The van der Waals surface area contributed by atoms with E-state index in [1.807, 2.05) is 0 Å². The van der Waals surface area contributed by atoms with Crippen molar-refractivity contribution in [3.05, 3.63) is 0 Å². The molecule has 0 radical (unpaired) electrons. The highest BCUT2D eigenvalue weighted by atomic mass is 32.2. The molecule has 0 aliphatic heterocycles. The van der Waals surface area contributed by atoms with Gasteiger partial charge in [0.2, 0.25) is 0 Å². The molecule has 0 aromatic carbocycles. The zero-order valence-corrected chi connectivity index (χ0v) is 13.0. The lowest BCUT2D eigenvalue weighted by atomic mass is 9.91. The molecule has 0 aromatic heterocycles. The molecule has 4 heteroatoms. The van der Waals surface area contributed by atoms with Crippen molar-refractivity contribution in [3.8, 4) is 0 Å². The lowest BCUT2D eigenvalue weighted by molar-refractivity contribution is 0.153. The quantitative estimate of drug-likeness (QED) is 0.416. The predicted octanol–water partition coefficient (Wildman–Crippen LogP) is 4.70.